The lowest BCUT2D eigenvalue weighted by Crippen LogP contribution is -2.20. The van der Waals surface area contributed by atoms with Crippen molar-refractivity contribution in [2.75, 3.05) is 0 Å². The normalized spacial score (nSPS) is 11.8. The number of benzene rings is 3. The number of para-hydroxylation sites is 1. The molecule has 0 saturated carbocycles. The van der Waals surface area contributed by atoms with Gasteiger partial charge < -0.3 is 4.18 Å². The highest BCUT2D eigenvalue weighted by atomic mass is 32.3. The van der Waals surface area contributed by atoms with Crippen LogP contribution in [0.5, 0.6) is 5.75 Å². The fourth-order valence-electron chi connectivity index (χ4n) is 2.13. The lowest BCUT2D eigenvalue weighted by Gasteiger charge is -2.30. The van der Waals surface area contributed by atoms with Crippen LogP contribution in [0.25, 0.3) is 0 Å². The van der Waals surface area contributed by atoms with Crippen LogP contribution in [0.3, 0.4) is 0 Å². The van der Waals surface area contributed by atoms with Gasteiger partial charge in [-0.3, -0.25) is 0 Å². The van der Waals surface area contributed by atoms with Gasteiger partial charge in [-0.2, -0.15) is 4.21 Å². The zero-order valence-electron chi connectivity index (χ0n) is 11.4. The topological polar surface area (TPSA) is 26.3 Å². The van der Waals surface area contributed by atoms with Crippen LogP contribution in [0, 0.1) is 0 Å². The second-order valence-electron chi connectivity index (χ2n) is 4.63. The third-order valence-electron chi connectivity index (χ3n) is 3.17. The maximum atomic E-state index is 13.6. The molecule has 0 atom stereocenters. The summed E-state index contributed by atoms with van der Waals surface area (Å²) >= 11 is 0. The minimum Gasteiger partial charge on any atom is -0.390 e. The van der Waals surface area contributed by atoms with Crippen molar-refractivity contribution in [1.82, 2.24) is 0 Å². The van der Waals surface area contributed by atoms with Crippen molar-refractivity contribution in [1.29, 1.82) is 0 Å². The van der Waals surface area contributed by atoms with Crippen molar-refractivity contribution in [3.05, 3.63) is 91.0 Å². The first-order chi connectivity index (χ1) is 10.3. The summed E-state index contributed by atoms with van der Waals surface area (Å²) in [6, 6.07) is 28.0. The van der Waals surface area contributed by atoms with Crippen molar-refractivity contribution >= 4 is 10.2 Å². The van der Waals surface area contributed by atoms with Crippen molar-refractivity contribution < 1.29 is 8.39 Å². The molecule has 0 N–H and O–H groups in total. The fourth-order valence-corrected chi connectivity index (χ4v) is 4.19. The van der Waals surface area contributed by atoms with Crippen LogP contribution < -0.4 is 4.18 Å². The van der Waals surface area contributed by atoms with E-state index in [2.05, 4.69) is 0 Å². The lowest BCUT2D eigenvalue weighted by atomic mass is 10.3. The molecule has 106 valence electrons. The van der Waals surface area contributed by atoms with Gasteiger partial charge >= 0.3 is 0 Å². The third kappa shape index (κ3) is 2.88. The van der Waals surface area contributed by atoms with Gasteiger partial charge in [-0.25, -0.2) is 0 Å². The average molecular weight is 296 g/mol. The van der Waals surface area contributed by atoms with Crippen molar-refractivity contribution in [3.8, 4) is 5.75 Å². The molecule has 0 aliphatic carbocycles. The molecular weight excluding hydrogens is 280 g/mol. The number of hydrogen-bond donors (Lipinski definition) is 1. The van der Waals surface area contributed by atoms with Gasteiger partial charge in [-0.1, -0.05) is 54.6 Å². The largest absolute Gasteiger partial charge is 0.390 e. The van der Waals surface area contributed by atoms with E-state index in [4.69, 9.17) is 4.18 Å². The molecule has 3 aromatic carbocycles. The smallest absolute Gasteiger partial charge is 0.150 e. The lowest BCUT2D eigenvalue weighted by molar-refractivity contribution is 0.539. The molecular formula is C18H16O2S. The maximum Gasteiger partial charge on any atom is 0.150 e. The Morgan fingerprint density at radius 2 is 0.952 bits per heavy atom. The molecule has 0 aromatic heterocycles. The standard InChI is InChI=1S/C18H16O2S/c19-21(17-12-6-2-7-13-17,18-14-8-3-9-15-18)20-16-10-4-1-5-11-16/h1-15,21H. The number of hydrogen-bond acceptors (Lipinski definition) is 2. The summed E-state index contributed by atoms with van der Waals surface area (Å²) in [5.41, 5.74) is 0. The van der Waals surface area contributed by atoms with E-state index in [0.717, 1.165) is 0 Å². The van der Waals surface area contributed by atoms with Gasteiger partial charge in [0.1, 0.15) is 0 Å². The van der Waals surface area contributed by atoms with Crippen LogP contribution in [0.4, 0.5) is 0 Å². The van der Waals surface area contributed by atoms with Crippen LogP contribution in [0.2, 0.25) is 0 Å². The van der Waals surface area contributed by atoms with E-state index in [0.29, 0.717) is 15.5 Å². The minimum absolute atomic E-state index is 0.605. The van der Waals surface area contributed by atoms with Crippen LogP contribution >= 0.6 is 0 Å². The second kappa shape index (κ2) is 5.94. The van der Waals surface area contributed by atoms with E-state index < -0.39 is 10.2 Å². The molecule has 0 heterocycles. The van der Waals surface area contributed by atoms with Crippen LogP contribution in [-0.2, 0) is 10.2 Å². The highest BCUT2D eigenvalue weighted by Crippen LogP contribution is 2.31. The summed E-state index contributed by atoms with van der Waals surface area (Å²) in [4.78, 5) is 1.39. The Morgan fingerprint density at radius 3 is 1.38 bits per heavy atom. The second-order valence-corrected chi connectivity index (χ2v) is 6.95. The molecule has 2 nitrogen and oxygen atoms in total. The average Bonchev–Trinajstić information content (AvgIpc) is 2.57. The summed E-state index contributed by atoms with van der Waals surface area (Å²) in [7, 11) is -3.15. The first-order valence-corrected chi connectivity index (χ1v) is 8.37. The van der Waals surface area contributed by atoms with Crippen LogP contribution in [0.1, 0.15) is 0 Å². The molecule has 0 unspecified atom stereocenters. The van der Waals surface area contributed by atoms with E-state index in [1.54, 1.807) is 0 Å². The molecule has 3 heteroatoms. The molecule has 0 radical (unpaired) electrons. The molecule has 0 fully saturated rings. The summed E-state index contributed by atoms with van der Waals surface area (Å²) in [5, 5.41) is 0. The highest BCUT2D eigenvalue weighted by molar-refractivity contribution is 7.99. The first kappa shape index (κ1) is 13.6. The Balaban J connectivity index is 2.10. The number of thiol groups is 1. The van der Waals surface area contributed by atoms with E-state index in [1.165, 1.54) is 0 Å². The Labute approximate surface area is 125 Å². The van der Waals surface area contributed by atoms with E-state index >= 15 is 0 Å². The fraction of sp³-hybridized carbons (Fsp3) is 0. The molecule has 0 aliphatic rings. The van der Waals surface area contributed by atoms with Crippen molar-refractivity contribution in [3.63, 3.8) is 0 Å². The zero-order valence-corrected chi connectivity index (χ0v) is 12.3. The van der Waals surface area contributed by atoms with Gasteiger partial charge in [0.25, 0.3) is 0 Å². The van der Waals surface area contributed by atoms with E-state index in [-0.39, 0.29) is 0 Å². The first-order valence-electron chi connectivity index (χ1n) is 6.75. The third-order valence-corrected chi connectivity index (χ3v) is 5.59. The van der Waals surface area contributed by atoms with Crippen molar-refractivity contribution in [2.24, 2.45) is 0 Å². The Bertz CT molecular complexity index is 696. The summed E-state index contributed by atoms with van der Waals surface area (Å²) in [6.07, 6.45) is 0. The molecule has 0 aliphatic heterocycles. The van der Waals surface area contributed by atoms with Gasteiger partial charge in [0, 0.05) is 0 Å². The van der Waals surface area contributed by atoms with Crippen LogP contribution in [-0.4, -0.2) is 4.21 Å². The number of rotatable bonds is 4. The highest BCUT2D eigenvalue weighted by Gasteiger charge is 2.17. The van der Waals surface area contributed by atoms with E-state index in [9.17, 15) is 4.21 Å². The molecule has 0 spiro atoms. The van der Waals surface area contributed by atoms with Gasteiger partial charge in [0.05, 0.1) is 9.79 Å². The molecule has 21 heavy (non-hydrogen) atoms. The monoisotopic (exact) mass is 296 g/mol. The van der Waals surface area contributed by atoms with Crippen LogP contribution in [0.15, 0.2) is 101 Å². The Hall–Kier alpha value is -2.39. The molecule has 3 rings (SSSR count). The van der Waals surface area contributed by atoms with Crippen molar-refractivity contribution in [2.45, 2.75) is 9.79 Å². The molecule has 0 amide bonds. The minimum atomic E-state index is -3.15. The summed E-state index contributed by atoms with van der Waals surface area (Å²) in [5.74, 6) is 0.605. The molecule has 0 saturated heterocycles. The maximum absolute atomic E-state index is 13.6. The molecule has 0 bridgehead atoms. The Kier molecular flexibility index (Phi) is 3.84. The van der Waals surface area contributed by atoms with Gasteiger partial charge in [0.15, 0.2) is 5.75 Å². The Morgan fingerprint density at radius 1 is 0.571 bits per heavy atom. The SMILES string of the molecule is O=[SH](Oc1ccccc1)(c1ccccc1)c1ccccc1. The predicted molar refractivity (Wildman–Crippen MR) is 86.0 cm³/mol. The quantitative estimate of drug-likeness (QED) is 0.733. The van der Waals surface area contributed by atoms with Gasteiger partial charge in [0.2, 0.25) is 0 Å². The van der Waals surface area contributed by atoms with Gasteiger partial charge in [-0.15, -0.1) is 10.2 Å². The zero-order chi connectivity index (χ0) is 14.5. The van der Waals surface area contributed by atoms with E-state index in [1.807, 2.05) is 91.0 Å². The van der Waals surface area contributed by atoms with Gasteiger partial charge in [-0.05, 0) is 36.4 Å². The summed E-state index contributed by atoms with van der Waals surface area (Å²) in [6.45, 7) is 0. The summed E-state index contributed by atoms with van der Waals surface area (Å²) < 4.78 is 19.5. The predicted octanol–water partition coefficient (Wildman–Crippen LogP) is 4.12. The molecule has 3 aromatic rings.